The summed E-state index contributed by atoms with van der Waals surface area (Å²) in [6, 6.07) is 9.98. The second-order valence-electron chi connectivity index (χ2n) is 11.1. The summed E-state index contributed by atoms with van der Waals surface area (Å²) >= 11 is 0. The first-order valence-electron chi connectivity index (χ1n) is 11.7. The van der Waals surface area contributed by atoms with Crippen LogP contribution in [0.25, 0.3) is 0 Å². The normalized spacial score (nSPS) is 13.2. The van der Waals surface area contributed by atoms with Gasteiger partial charge in [0.25, 0.3) is 0 Å². The molecule has 184 valence electrons. The predicted molar refractivity (Wildman–Crippen MR) is 143 cm³/mol. The second kappa shape index (κ2) is 12.6. The fourth-order valence-electron chi connectivity index (χ4n) is 3.26. The summed E-state index contributed by atoms with van der Waals surface area (Å²) in [6.45, 7) is 20.6. The monoisotopic (exact) mass is 515 g/mol. The number of ether oxygens (including phenoxy) is 1. The summed E-state index contributed by atoms with van der Waals surface area (Å²) in [5, 5.41) is 2.82. The van der Waals surface area contributed by atoms with Crippen LogP contribution in [0.3, 0.4) is 0 Å². The highest BCUT2D eigenvalue weighted by molar-refractivity contribution is 6.90. The molecule has 0 saturated carbocycles. The number of unbranched alkanes of at least 4 members (excludes halogenated alkanes) is 3. The molecule has 6 nitrogen and oxygen atoms in total. The fourth-order valence-corrected chi connectivity index (χ4v) is 18.0. The third-order valence-corrected chi connectivity index (χ3v) is 16.1. The van der Waals surface area contributed by atoms with E-state index in [1.54, 1.807) is 12.1 Å². The number of hydrogen-bond acceptors (Lipinski definition) is 5. The Kier molecular flexibility index (Phi) is 11.6. The molecule has 0 aromatic heterocycles. The molecule has 1 aromatic carbocycles. The maximum absolute atomic E-state index is 11.9. The minimum Gasteiger partial charge on any atom is -0.417 e. The Morgan fingerprint density at radius 2 is 1.19 bits per heavy atom. The van der Waals surface area contributed by atoms with Gasteiger partial charge in [-0.3, -0.25) is 0 Å². The lowest BCUT2D eigenvalue weighted by atomic mass is 10.2. The van der Waals surface area contributed by atoms with E-state index in [0.717, 1.165) is 31.7 Å². The van der Waals surface area contributed by atoms with Crippen molar-refractivity contribution in [3.63, 3.8) is 0 Å². The molecule has 0 aliphatic heterocycles. The van der Waals surface area contributed by atoms with Crippen molar-refractivity contribution in [3.8, 4) is 5.75 Å². The van der Waals surface area contributed by atoms with E-state index < -0.39 is 39.8 Å². The summed E-state index contributed by atoms with van der Waals surface area (Å²) in [4.78, 5) is 11.9. The highest BCUT2D eigenvalue weighted by Crippen LogP contribution is 2.30. The van der Waals surface area contributed by atoms with E-state index in [2.05, 4.69) is 64.2 Å². The Morgan fingerprint density at radius 3 is 1.66 bits per heavy atom. The molecule has 10 heteroatoms. The van der Waals surface area contributed by atoms with Crippen LogP contribution >= 0.6 is 0 Å². The van der Waals surface area contributed by atoms with Gasteiger partial charge in [-0.05, 0) is 83.9 Å². The van der Waals surface area contributed by atoms with Crippen molar-refractivity contribution in [3.05, 3.63) is 30.3 Å². The lowest BCUT2D eigenvalue weighted by molar-refractivity contribution is 0.200. The quantitative estimate of drug-likeness (QED) is 0.217. The number of rotatable bonds is 14. The van der Waals surface area contributed by atoms with Crippen molar-refractivity contribution in [1.29, 1.82) is 0 Å². The Labute approximate surface area is 200 Å². The SMILES string of the molecule is C[Si](C)(C)O[Si](CCCCCCNC(=O)Oc1ccccc1)(O[Si](C)(C)C)O[Si](C)(C)C. The zero-order valence-electron chi connectivity index (χ0n) is 21.7. The molecule has 0 bridgehead atoms. The number of hydrogen-bond donors (Lipinski definition) is 1. The molecule has 0 aliphatic carbocycles. The summed E-state index contributed by atoms with van der Waals surface area (Å²) in [6.07, 6.45) is 3.61. The standard InChI is InChI=1S/C22H45NO5Si4/c1-29(2,3)26-32(27-30(4,5)6,28-31(7,8)9)20-16-11-10-15-19-23-22(24)25-21-17-13-12-14-18-21/h12-14,17-18H,10-11,15-16,19-20H2,1-9H3,(H,23,24). The van der Waals surface area contributed by atoms with Gasteiger partial charge in [-0.2, -0.15) is 0 Å². The van der Waals surface area contributed by atoms with Crippen molar-refractivity contribution < 1.29 is 21.9 Å². The van der Waals surface area contributed by atoms with Crippen LogP contribution in [0.2, 0.25) is 65.0 Å². The number of amides is 1. The van der Waals surface area contributed by atoms with Gasteiger partial charge in [-0.25, -0.2) is 4.79 Å². The topological polar surface area (TPSA) is 66.0 Å². The average molecular weight is 516 g/mol. The molecular weight excluding hydrogens is 471 g/mol. The van der Waals surface area contributed by atoms with E-state index in [1.165, 1.54) is 0 Å². The average Bonchev–Trinajstić information content (AvgIpc) is 2.57. The van der Waals surface area contributed by atoms with E-state index in [-0.39, 0.29) is 0 Å². The van der Waals surface area contributed by atoms with E-state index in [1.807, 2.05) is 18.2 Å². The third kappa shape index (κ3) is 14.4. The predicted octanol–water partition coefficient (Wildman–Crippen LogP) is 6.83. The lowest BCUT2D eigenvalue weighted by Crippen LogP contribution is -2.60. The van der Waals surface area contributed by atoms with Gasteiger partial charge < -0.3 is 22.4 Å². The molecular formula is C22H45NO5Si4. The van der Waals surface area contributed by atoms with Crippen molar-refractivity contribution in [2.45, 2.75) is 90.7 Å². The van der Waals surface area contributed by atoms with Crippen LogP contribution in [0.4, 0.5) is 4.79 Å². The molecule has 0 heterocycles. The molecule has 0 unspecified atom stereocenters. The van der Waals surface area contributed by atoms with E-state index in [0.29, 0.717) is 12.3 Å². The Bertz CT molecular complexity index is 643. The Morgan fingerprint density at radius 1 is 0.719 bits per heavy atom. The second-order valence-corrected chi connectivity index (χ2v) is 28.1. The molecule has 0 spiro atoms. The summed E-state index contributed by atoms with van der Waals surface area (Å²) in [7, 11) is -8.21. The van der Waals surface area contributed by atoms with Crippen molar-refractivity contribution >= 4 is 39.8 Å². The van der Waals surface area contributed by atoms with Gasteiger partial charge in [0.05, 0.1) is 0 Å². The summed E-state index contributed by atoms with van der Waals surface area (Å²) < 4.78 is 25.4. The molecule has 1 N–H and O–H groups in total. The van der Waals surface area contributed by atoms with Gasteiger partial charge in [-0.15, -0.1) is 0 Å². The van der Waals surface area contributed by atoms with Crippen molar-refractivity contribution in [2.75, 3.05) is 6.54 Å². The van der Waals surface area contributed by atoms with E-state index in [9.17, 15) is 4.79 Å². The van der Waals surface area contributed by atoms with E-state index in [4.69, 9.17) is 17.1 Å². The molecule has 0 fully saturated rings. The lowest BCUT2D eigenvalue weighted by Gasteiger charge is -2.43. The minimum absolute atomic E-state index is 0.404. The van der Waals surface area contributed by atoms with Gasteiger partial charge in [-0.1, -0.05) is 31.0 Å². The molecule has 0 aliphatic rings. The van der Waals surface area contributed by atoms with Gasteiger partial charge >= 0.3 is 14.9 Å². The molecule has 1 amide bonds. The van der Waals surface area contributed by atoms with Crippen LogP contribution in [-0.2, 0) is 12.3 Å². The van der Waals surface area contributed by atoms with Crippen LogP contribution < -0.4 is 10.1 Å². The van der Waals surface area contributed by atoms with Gasteiger partial charge in [0, 0.05) is 12.6 Å². The smallest absolute Gasteiger partial charge is 0.417 e. The maximum Gasteiger partial charge on any atom is 0.469 e. The first-order chi connectivity index (χ1) is 14.6. The highest BCUT2D eigenvalue weighted by atomic mass is 28.5. The van der Waals surface area contributed by atoms with Crippen molar-refractivity contribution in [1.82, 2.24) is 5.32 Å². The Hall–Kier alpha value is -0.762. The Balaban J connectivity index is 2.52. The summed E-state index contributed by atoms with van der Waals surface area (Å²) in [5.41, 5.74) is 0. The van der Waals surface area contributed by atoms with Gasteiger partial charge in [0.1, 0.15) is 5.75 Å². The first-order valence-corrected chi connectivity index (χ1v) is 23.9. The largest absolute Gasteiger partial charge is 0.469 e. The summed E-state index contributed by atoms with van der Waals surface area (Å²) in [5.74, 6) is 0.554. The number of para-hydroxylation sites is 1. The van der Waals surface area contributed by atoms with Gasteiger partial charge in [0.15, 0.2) is 25.0 Å². The first kappa shape index (κ1) is 29.3. The maximum atomic E-state index is 11.9. The zero-order chi connectivity index (χ0) is 24.5. The van der Waals surface area contributed by atoms with Crippen LogP contribution in [0.15, 0.2) is 30.3 Å². The zero-order valence-corrected chi connectivity index (χ0v) is 25.7. The highest BCUT2D eigenvalue weighted by Gasteiger charge is 2.49. The van der Waals surface area contributed by atoms with Crippen LogP contribution in [0, 0.1) is 0 Å². The van der Waals surface area contributed by atoms with Gasteiger partial charge in [0.2, 0.25) is 0 Å². The molecule has 0 radical (unpaired) electrons. The van der Waals surface area contributed by atoms with E-state index >= 15 is 0 Å². The fraction of sp³-hybridized carbons (Fsp3) is 0.682. The van der Waals surface area contributed by atoms with Crippen LogP contribution in [0.5, 0.6) is 5.75 Å². The minimum atomic E-state index is -2.74. The molecule has 0 atom stereocenters. The number of benzene rings is 1. The molecule has 1 rings (SSSR count). The third-order valence-electron chi connectivity index (χ3n) is 4.02. The van der Waals surface area contributed by atoms with Crippen LogP contribution in [0.1, 0.15) is 25.7 Å². The number of carbonyl (C=O) groups is 1. The molecule has 1 aromatic rings. The number of carbonyl (C=O) groups excluding carboxylic acids is 1. The molecule has 32 heavy (non-hydrogen) atoms. The number of nitrogens with one attached hydrogen (secondary N) is 1. The van der Waals surface area contributed by atoms with Crippen molar-refractivity contribution in [2.24, 2.45) is 0 Å². The molecule has 0 saturated heterocycles. The van der Waals surface area contributed by atoms with Crippen LogP contribution in [-0.4, -0.2) is 46.4 Å².